The number of carbonyl (C=O) groups is 2. The van der Waals surface area contributed by atoms with Crippen LogP contribution in [0.2, 0.25) is 0 Å². The summed E-state index contributed by atoms with van der Waals surface area (Å²) in [6, 6.07) is -0.416. The summed E-state index contributed by atoms with van der Waals surface area (Å²) < 4.78 is 0. The Hall–Kier alpha value is -0.910. The zero-order valence-electron chi connectivity index (χ0n) is 10.7. The summed E-state index contributed by atoms with van der Waals surface area (Å²) in [4.78, 5) is 22.4. The van der Waals surface area contributed by atoms with Gasteiger partial charge in [-0.15, -0.1) is 0 Å². The van der Waals surface area contributed by atoms with Gasteiger partial charge in [0.05, 0.1) is 0 Å². The van der Waals surface area contributed by atoms with Crippen LogP contribution in [-0.4, -0.2) is 41.2 Å². The first-order chi connectivity index (χ1) is 7.96. The van der Waals surface area contributed by atoms with Gasteiger partial charge in [-0.25, -0.2) is 9.59 Å². The van der Waals surface area contributed by atoms with E-state index in [-0.39, 0.29) is 0 Å². The van der Waals surface area contributed by atoms with Crippen molar-refractivity contribution in [2.75, 3.05) is 18.6 Å². The molecular weight excluding hydrogens is 240 g/mol. The third kappa shape index (κ3) is 6.41. The highest BCUT2D eigenvalue weighted by atomic mass is 32.2. The average Bonchev–Trinajstić information content (AvgIpc) is 2.28. The van der Waals surface area contributed by atoms with Crippen LogP contribution >= 0.6 is 11.8 Å². The topological polar surface area (TPSA) is 78.4 Å². The van der Waals surface area contributed by atoms with Crippen molar-refractivity contribution in [3.05, 3.63) is 0 Å². The van der Waals surface area contributed by atoms with Crippen LogP contribution in [0, 0.1) is 0 Å². The minimum Gasteiger partial charge on any atom is -0.480 e. The maximum atomic E-state index is 11.5. The molecule has 0 aromatic heterocycles. The van der Waals surface area contributed by atoms with Crippen LogP contribution in [0.3, 0.4) is 0 Å². The lowest BCUT2D eigenvalue weighted by Crippen LogP contribution is -2.54. The number of hydrogen-bond acceptors (Lipinski definition) is 3. The van der Waals surface area contributed by atoms with Crippen molar-refractivity contribution in [3.63, 3.8) is 0 Å². The molecular formula is C11H22N2O3S. The highest BCUT2D eigenvalue weighted by Gasteiger charge is 2.32. The van der Waals surface area contributed by atoms with Gasteiger partial charge in [0.2, 0.25) is 0 Å². The summed E-state index contributed by atoms with van der Waals surface area (Å²) in [6.07, 6.45) is 4.34. The Morgan fingerprint density at radius 1 is 1.35 bits per heavy atom. The van der Waals surface area contributed by atoms with E-state index in [1.54, 1.807) is 18.7 Å². The fourth-order valence-corrected chi connectivity index (χ4v) is 1.65. The highest BCUT2D eigenvalue weighted by molar-refractivity contribution is 7.98. The Morgan fingerprint density at radius 2 is 2.00 bits per heavy atom. The molecule has 0 aliphatic rings. The second-order valence-corrected chi connectivity index (χ2v) is 5.06. The number of urea groups is 1. The van der Waals surface area contributed by atoms with Gasteiger partial charge in [-0.1, -0.05) is 6.92 Å². The predicted molar refractivity (Wildman–Crippen MR) is 70.5 cm³/mol. The molecule has 2 amide bonds. The molecule has 0 spiro atoms. The third-order valence-corrected chi connectivity index (χ3v) is 3.33. The van der Waals surface area contributed by atoms with Gasteiger partial charge in [0.15, 0.2) is 0 Å². The van der Waals surface area contributed by atoms with Gasteiger partial charge in [-0.2, -0.15) is 11.8 Å². The van der Waals surface area contributed by atoms with E-state index in [2.05, 4.69) is 10.6 Å². The number of aliphatic carboxylic acids is 1. The van der Waals surface area contributed by atoms with Gasteiger partial charge in [0.1, 0.15) is 5.54 Å². The number of rotatable bonds is 8. The molecule has 0 aromatic carbocycles. The summed E-state index contributed by atoms with van der Waals surface area (Å²) in [6.45, 7) is 3.81. The van der Waals surface area contributed by atoms with Crippen molar-refractivity contribution in [3.8, 4) is 0 Å². The molecule has 0 aliphatic heterocycles. The Kier molecular flexibility index (Phi) is 7.78. The van der Waals surface area contributed by atoms with Crippen LogP contribution < -0.4 is 10.6 Å². The molecule has 0 fully saturated rings. The molecule has 0 aromatic rings. The lowest BCUT2D eigenvalue weighted by molar-refractivity contribution is -0.143. The van der Waals surface area contributed by atoms with Crippen LogP contribution in [0.25, 0.3) is 0 Å². The Balaban J connectivity index is 3.88. The quantitative estimate of drug-likeness (QED) is 0.582. The van der Waals surface area contributed by atoms with Crippen LogP contribution in [-0.2, 0) is 4.79 Å². The van der Waals surface area contributed by atoms with Crippen LogP contribution in [0.5, 0.6) is 0 Å². The first-order valence-electron chi connectivity index (χ1n) is 5.74. The molecule has 0 heterocycles. The van der Waals surface area contributed by atoms with Crippen LogP contribution in [0.4, 0.5) is 4.79 Å². The van der Waals surface area contributed by atoms with Crippen molar-refractivity contribution in [1.29, 1.82) is 0 Å². The second-order valence-electron chi connectivity index (χ2n) is 4.07. The van der Waals surface area contributed by atoms with Crippen LogP contribution in [0.1, 0.15) is 33.1 Å². The van der Waals surface area contributed by atoms with Crippen molar-refractivity contribution in [2.24, 2.45) is 0 Å². The number of nitrogens with one attached hydrogen (secondary N) is 2. The average molecular weight is 262 g/mol. The number of carbonyl (C=O) groups excluding carboxylic acids is 1. The molecule has 0 bridgehead atoms. The van der Waals surface area contributed by atoms with Gasteiger partial charge in [-0.3, -0.25) is 0 Å². The normalized spacial score (nSPS) is 13.8. The summed E-state index contributed by atoms with van der Waals surface area (Å²) in [7, 11) is 0. The molecule has 100 valence electrons. The van der Waals surface area contributed by atoms with E-state index in [0.29, 0.717) is 13.0 Å². The lowest BCUT2D eigenvalue weighted by atomic mass is 10.00. The maximum Gasteiger partial charge on any atom is 0.329 e. The standard InChI is InChI=1S/C11H22N2O3S/c1-4-11(2,9(14)15)13-10(16)12-7-5-6-8-17-3/h4-8H2,1-3H3,(H,14,15)(H2,12,13,16). The first-order valence-corrected chi connectivity index (χ1v) is 7.14. The fraction of sp³-hybridized carbons (Fsp3) is 0.818. The van der Waals surface area contributed by atoms with Gasteiger partial charge < -0.3 is 15.7 Å². The van der Waals surface area contributed by atoms with E-state index in [1.807, 2.05) is 6.26 Å². The summed E-state index contributed by atoms with van der Waals surface area (Å²) in [5.41, 5.74) is -1.19. The lowest BCUT2D eigenvalue weighted by Gasteiger charge is -2.24. The van der Waals surface area contributed by atoms with E-state index >= 15 is 0 Å². The van der Waals surface area contributed by atoms with E-state index in [4.69, 9.17) is 5.11 Å². The summed E-state index contributed by atoms with van der Waals surface area (Å²) in [5, 5.41) is 14.1. The van der Waals surface area contributed by atoms with Gasteiger partial charge in [-0.05, 0) is 38.2 Å². The third-order valence-electron chi connectivity index (χ3n) is 2.63. The smallest absolute Gasteiger partial charge is 0.329 e. The first kappa shape index (κ1) is 16.1. The van der Waals surface area contributed by atoms with Gasteiger partial charge in [0, 0.05) is 6.54 Å². The molecule has 0 saturated heterocycles. The molecule has 1 unspecified atom stereocenters. The Bertz CT molecular complexity index is 261. The number of unbranched alkanes of at least 4 members (excludes halogenated alkanes) is 1. The Morgan fingerprint density at radius 3 is 2.47 bits per heavy atom. The zero-order valence-corrected chi connectivity index (χ0v) is 11.5. The molecule has 6 heteroatoms. The molecule has 17 heavy (non-hydrogen) atoms. The molecule has 0 aliphatic carbocycles. The number of amides is 2. The minimum absolute atomic E-state index is 0.349. The monoisotopic (exact) mass is 262 g/mol. The van der Waals surface area contributed by atoms with Crippen molar-refractivity contribution < 1.29 is 14.7 Å². The number of thioether (sulfide) groups is 1. The molecule has 5 nitrogen and oxygen atoms in total. The van der Waals surface area contributed by atoms with Crippen molar-refractivity contribution in [1.82, 2.24) is 10.6 Å². The number of carboxylic acid groups (broad SMARTS) is 1. The van der Waals surface area contributed by atoms with E-state index < -0.39 is 17.5 Å². The Labute approximate surface area is 107 Å². The van der Waals surface area contributed by atoms with E-state index in [1.165, 1.54) is 6.92 Å². The predicted octanol–water partition coefficient (Wildman–Crippen LogP) is 1.68. The highest BCUT2D eigenvalue weighted by Crippen LogP contribution is 2.08. The SMILES string of the molecule is CCC(C)(NC(=O)NCCCCSC)C(=O)O. The van der Waals surface area contributed by atoms with E-state index in [9.17, 15) is 9.59 Å². The minimum atomic E-state index is -1.19. The zero-order chi connectivity index (χ0) is 13.3. The molecule has 3 N–H and O–H groups in total. The molecule has 0 saturated carbocycles. The number of hydrogen-bond donors (Lipinski definition) is 3. The summed E-state index contributed by atoms with van der Waals surface area (Å²) in [5.74, 6) is 0.0583. The molecule has 0 rings (SSSR count). The maximum absolute atomic E-state index is 11.5. The molecule has 0 radical (unpaired) electrons. The van der Waals surface area contributed by atoms with Crippen molar-refractivity contribution >= 4 is 23.8 Å². The van der Waals surface area contributed by atoms with Crippen LogP contribution in [0.15, 0.2) is 0 Å². The molecule has 1 atom stereocenters. The summed E-state index contributed by atoms with van der Waals surface area (Å²) >= 11 is 1.77. The fourth-order valence-electron chi connectivity index (χ4n) is 1.16. The van der Waals surface area contributed by atoms with Crippen molar-refractivity contribution in [2.45, 2.75) is 38.6 Å². The van der Waals surface area contributed by atoms with E-state index in [0.717, 1.165) is 18.6 Å². The number of carboxylic acids is 1. The van der Waals surface area contributed by atoms with Gasteiger partial charge in [0.25, 0.3) is 0 Å². The van der Waals surface area contributed by atoms with Gasteiger partial charge >= 0.3 is 12.0 Å². The second kappa shape index (κ2) is 8.22. The largest absolute Gasteiger partial charge is 0.480 e.